The van der Waals surface area contributed by atoms with Crippen molar-refractivity contribution in [2.75, 3.05) is 0 Å². The third kappa shape index (κ3) is 5.60. The van der Waals surface area contributed by atoms with Gasteiger partial charge in [0.2, 0.25) is 0 Å². The Balaban J connectivity index is 2.55. The van der Waals surface area contributed by atoms with Crippen LogP contribution in [0.5, 0.6) is 0 Å². The molecular formula is C16H18O5. The molecule has 0 heterocycles. The van der Waals surface area contributed by atoms with Crippen molar-refractivity contribution in [3.05, 3.63) is 48.0 Å². The van der Waals surface area contributed by atoms with Crippen LogP contribution < -0.4 is 0 Å². The molecule has 0 fully saturated rings. The first-order chi connectivity index (χ1) is 9.93. The molecule has 0 aliphatic carbocycles. The van der Waals surface area contributed by atoms with Gasteiger partial charge in [-0.15, -0.1) is 0 Å². The molecule has 0 saturated heterocycles. The van der Waals surface area contributed by atoms with Gasteiger partial charge in [0.25, 0.3) is 0 Å². The van der Waals surface area contributed by atoms with E-state index in [-0.39, 0.29) is 18.4 Å². The molecule has 0 saturated carbocycles. The van der Waals surface area contributed by atoms with Gasteiger partial charge in [-0.25, -0.2) is 9.59 Å². The highest BCUT2D eigenvalue weighted by Gasteiger charge is 2.25. The van der Waals surface area contributed by atoms with Crippen LogP contribution >= 0.6 is 0 Å². The molecule has 0 aromatic heterocycles. The Morgan fingerprint density at radius 3 is 2.33 bits per heavy atom. The molecule has 0 aliphatic heterocycles. The summed E-state index contributed by atoms with van der Waals surface area (Å²) in [6, 6.07) is 8.90. The number of ether oxygens (including phenoxy) is 2. The second kappa shape index (κ2) is 7.99. The molecule has 1 unspecified atom stereocenters. The van der Waals surface area contributed by atoms with E-state index in [4.69, 9.17) is 9.47 Å². The predicted octanol–water partition coefficient (Wildman–Crippen LogP) is 2.20. The Hall–Kier alpha value is -2.43. The predicted molar refractivity (Wildman–Crippen MR) is 76.2 cm³/mol. The number of carbonyl (C=O) groups is 3. The molecule has 1 rings (SSSR count). The van der Waals surface area contributed by atoms with Crippen molar-refractivity contribution in [2.45, 2.75) is 32.8 Å². The molecule has 0 radical (unpaired) electrons. The van der Waals surface area contributed by atoms with Crippen LogP contribution in [0.4, 0.5) is 0 Å². The number of benzene rings is 1. The molecule has 1 atom stereocenters. The average Bonchev–Trinajstić information content (AvgIpc) is 2.44. The number of hydrogen-bond acceptors (Lipinski definition) is 5. The fraction of sp³-hybridized carbons (Fsp3) is 0.312. The molecular weight excluding hydrogens is 272 g/mol. The number of carbonyl (C=O) groups excluding carboxylic acids is 3. The molecule has 1 aromatic rings. The van der Waals surface area contributed by atoms with Crippen LogP contribution in [0.2, 0.25) is 0 Å². The highest BCUT2D eigenvalue weighted by atomic mass is 16.6. The van der Waals surface area contributed by atoms with Gasteiger partial charge in [0.1, 0.15) is 0 Å². The number of hydrogen-bond donors (Lipinski definition) is 0. The molecule has 5 nitrogen and oxygen atoms in total. The van der Waals surface area contributed by atoms with Gasteiger partial charge < -0.3 is 9.47 Å². The molecule has 112 valence electrons. The highest BCUT2D eigenvalue weighted by molar-refractivity contribution is 5.92. The average molecular weight is 290 g/mol. The van der Waals surface area contributed by atoms with Crippen molar-refractivity contribution in [2.24, 2.45) is 0 Å². The smallest absolute Gasteiger partial charge is 0.355 e. The van der Waals surface area contributed by atoms with Crippen molar-refractivity contribution in [1.29, 1.82) is 0 Å². The first-order valence-electron chi connectivity index (χ1n) is 6.59. The summed E-state index contributed by atoms with van der Waals surface area (Å²) in [6.07, 6.45) is -0.901. The molecule has 0 spiro atoms. The summed E-state index contributed by atoms with van der Waals surface area (Å²) in [5, 5.41) is 0. The molecule has 1 aromatic carbocycles. The van der Waals surface area contributed by atoms with Gasteiger partial charge in [-0.2, -0.15) is 0 Å². The van der Waals surface area contributed by atoms with Gasteiger partial charge in [0, 0.05) is 5.57 Å². The van der Waals surface area contributed by atoms with E-state index in [0.29, 0.717) is 0 Å². The Bertz CT molecular complexity index is 533. The third-order valence-electron chi connectivity index (χ3n) is 2.64. The topological polar surface area (TPSA) is 69.7 Å². The second-order valence-corrected chi connectivity index (χ2v) is 4.54. The maximum atomic E-state index is 11.8. The maximum Gasteiger partial charge on any atom is 0.355 e. The summed E-state index contributed by atoms with van der Waals surface area (Å²) in [5.74, 6) is -2.24. The quantitative estimate of drug-likeness (QED) is 0.456. The monoisotopic (exact) mass is 290 g/mol. The van der Waals surface area contributed by atoms with E-state index in [1.54, 1.807) is 31.2 Å². The largest absolute Gasteiger partial charge is 0.447 e. The Morgan fingerprint density at radius 2 is 1.81 bits per heavy atom. The van der Waals surface area contributed by atoms with Crippen molar-refractivity contribution in [3.63, 3.8) is 0 Å². The second-order valence-electron chi connectivity index (χ2n) is 4.54. The van der Waals surface area contributed by atoms with E-state index in [2.05, 4.69) is 6.58 Å². The molecule has 0 amide bonds. The minimum absolute atomic E-state index is 0.0164. The van der Waals surface area contributed by atoms with E-state index in [1.807, 2.05) is 6.07 Å². The Kier molecular flexibility index (Phi) is 6.33. The number of rotatable bonds is 6. The van der Waals surface area contributed by atoms with Crippen LogP contribution in [0.3, 0.4) is 0 Å². The van der Waals surface area contributed by atoms with Gasteiger partial charge in [-0.1, -0.05) is 43.8 Å². The van der Waals surface area contributed by atoms with Crippen LogP contribution in [-0.2, 0) is 30.3 Å². The molecule has 0 N–H and O–H groups in total. The standard InChI is InChI=1S/C16H18O5/c1-4-13(20-15(18)11(2)3)16(19)21-14(17)10-12-8-6-5-7-9-12/h5-9,13H,2,4,10H2,1,3H3. The van der Waals surface area contributed by atoms with Crippen LogP contribution in [0.25, 0.3) is 0 Å². The summed E-state index contributed by atoms with van der Waals surface area (Å²) in [7, 11) is 0. The lowest BCUT2D eigenvalue weighted by atomic mass is 10.1. The van der Waals surface area contributed by atoms with E-state index in [0.717, 1.165) is 5.56 Å². The molecule has 21 heavy (non-hydrogen) atoms. The Morgan fingerprint density at radius 1 is 1.19 bits per heavy atom. The van der Waals surface area contributed by atoms with E-state index in [1.165, 1.54) is 6.92 Å². The first-order valence-corrected chi connectivity index (χ1v) is 6.59. The first kappa shape index (κ1) is 16.6. The van der Waals surface area contributed by atoms with Crippen molar-refractivity contribution < 1.29 is 23.9 Å². The summed E-state index contributed by atoms with van der Waals surface area (Å²) in [4.78, 5) is 34.8. The van der Waals surface area contributed by atoms with Gasteiger partial charge in [-0.3, -0.25) is 4.79 Å². The van der Waals surface area contributed by atoms with Crippen molar-refractivity contribution in [1.82, 2.24) is 0 Å². The van der Waals surface area contributed by atoms with E-state index >= 15 is 0 Å². The fourth-order valence-electron chi connectivity index (χ4n) is 1.50. The molecule has 5 heteroatoms. The van der Waals surface area contributed by atoms with E-state index < -0.39 is 24.0 Å². The SMILES string of the molecule is C=C(C)C(=O)OC(CC)C(=O)OC(=O)Cc1ccccc1. The van der Waals surface area contributed by atoms with Crippen LogP contribution in [0.1, 0.15) is 25.8 Å². The summed E-state index contributed by atoms with van der Waals surface area (Å²) < 4.78 is 9.61. The van der Waals surface area contributed by atoms with Crippen molar-refractivity contribution in [3.8, 4) is 0 Å². The van der Waals surface area contributed by atoms with Gasteiger partial charge >= 0.3 is 17.9 Å². The zero-order chi connectivity index (χ0) is 15.8. The lowest BCUT2D eigenvalue weighted by molar-refractivity contribution is -0.172. The number of esters is 3. The minimum Gasteiger partial charge on any atom is -0.447 e. The summed E-state index contributed by atoms with van der Waals surface area (Å²) in [5.41, 5.74) is 0.916. The van der Waals surface area contributed by atoms with Gasteiger partial charge in [0.15, 0.2) is 6.10 Å². The molecule has 0 bridgehead atoms. The normalized spacial score (nSPS) is 11.3. The minimum atomic E-state index is -1.10. The summed E-state index contributed by atoms with van der Waals surface area (Å²) >= 11 is 0. The van der Waals surface area contributed by atoms with Crippen LogP contribution in [-0.4, -0.2) is 24.0 Å². The molecule has 0 aliphatic rings. The highest BCUT2D eigenvalue weighted by Crippen LogP contribution is 2.07. The lowest BCUT2D eigenvalue weighted by Gasteiger charge is -2.14. The maximum absolute atomic E-state index is 11.8. The van der Waals surface area contributed by atoms with Gasteiger partial charge in [0.05, 0.1) is 6.42 Å². The summed E-state index contributed by atoms with van der Waals surface area (Å²) in [6.45, 7) is 6.55. The van der Waals surface area contributed by atoms with Crippen molar-refractivity contribution >= 4 is 17.9 Å². The van der Waals surface area contributed by atoms with Crippen LogP contribution in [0.15, 0.2) is 42.5 Å². The Labute approximate surface area is 123 Å². The zero-order valence-corrected chi connectivity index (χ0v) is 12.1. The lowest BCUT2D eigenvalue weighted by Crippen LogP contribution is -2.31. The van der Waals surface area contributed by atoms with Crippen LogP contribution in [0, 0.1) is 0 Å². The van der Waals surface area contributed by atoms with E-state index in [9.17, 15) is 14.4 Å². The third-order valence-corrected chi connectivity index (χ3v) is 2.64. The zero-order valence-electron chi connectivity index (χ0n) is 12.1. The van der Waals surface area contributed by atoms with Gasteiger partial charge in [-0.05, 0) is 18.9 Å². The fourth-order valence-corrected chi connectivity index (χ4v) is 1.50.